The summed E-state index contributed by atoms with van der Waals surface area (Å²) in [7, 11) is 0. The Labute approximate surface area is 233 Å². The first kappa shape index (κ1) is 22.9. The van der Waals surface area contributed by atoms with Gasteiger partial charge in [0.15, 0.2) is 0 Å². The molecular formula is C35H23N2PSe. The van der Waals surface area contributed by atoms with Crippen molar-refractivity contribution < 1.29 is 0 Å². The van der Waals surface area contributed by atoms with Crippen LogP contribution >= 0.6 is 5.51 Å². The number of imidazole rings is 1. The third kappa shape index (κ3) is 3.41. The van der Waals surface area contributed by atoms with Crippen molar-refractivity contribution in [3.63, 3.8) is 0 Å². The van der Waals surface area contributed by atoms with Gasteiger partial charge in [-0.25, -0.2) is 0 Å². The summed E-state index contributed by atoms with van der Waals surface area (Å²) < 4.78 is 2.37. The van der Waals surface area contributed by atoms with E-state index < -0.39 is 5.51 Å². The molecule has 0 unspecified atom stereocenters. The van der Waals surface area contributed by atoms with Gasteiger partial charge in [0.2, 0.25) is 0 Å². The van der Waals surface area contributed by atoms with Gasteiger partial charge in [0, 0.05) is 0 Å². The van der Waals surface area contributed by atoms with E-state index in [1.54, 1.807) is 0 Å². The Bertz CT molecular complexity index is 2210. The van der Waals surface area contributed by atoms with Gasteiger partial charge in [-0.3, -0.25) is 0 Å². The second kappa shape index (κ2) is 8.76. The Morgan fingerprint density at radius 1 is 0.487 bits per heavy atom. The molecule has 184 valence electrons. The standard InChI is InChI=1S/C35H23N2PSe/c39-38(26-13-3-1-4-14-26,27-15-5-2-6-16-27)28-19-20-29-30-21-24-11-7-8-12-25(24)22-31(30)35-36-32-17-9-10-18-33(32)37(35)34(29)23-28/h1-23H. The van der Waals surface area contributed by atoms with Crippen molar-refractivity contribution in [2.45, 2.75) is 0 Å². The zero-order valence-electron chi connectivity index (χ0n) is 21.0. The van der Waals surface area contributed by atoms with E-state index in [2.05, 4.69) is 159 Å². The molecule has 0 saturated carbocycles. The summed E-state index contributed by atoms with van der Waals surface area (Å²) in [6, 6.07) is 50.6. The van der Waals surface area contributed by atoms with Crippen molar-refractivity contribution in [3.8, 4) is 0 Å². The van der Waals surface area contributed by atoms with Gasteiger partial charge in [0.05, 0.1) is 0 Å². The van der Waals surface area contributed by atoms with Crippen molar-refractivity contribution in [2.75, 3.05) is 0 Å². The molecule has 0 aliphatic carbocycles. The van der Waals surface area contributed by atoms with Crippen LogP contribution in [0.1, 0.15) is 0 Å². The van der Waals surface area contributed by atoms with E-state index in [9.17, 15) is 0 Å². The first-order valence-electron chi connectivity index (χ1n) is 13.1. The average molecular weight is 582 g/mol. The van der Waals surface area contributed by atoms with Crippen LogP contribution in [0.4, 0.5) is 0 Å². The van der Waals surface area contributed by atoms with Gasteiger partial charge < -0.3 is 0 Å². The van der Waals surface area contributed by atoms with Crippen molar-refractivity contribution in [1.82, 2.24) is 9.38 Å². The minimum atomic E-state index is -2.01. The van der Waals surface area contributed by atoms with E-state index in [1.807, 2.05) is 0 Å². The average Bonchev–Trinajstić information content (AvgIpc) is 3.41. The van der Waals surface area contributed by atoms with E-state index in [0.717, 1.165) is 16.7 Å². The summed E-state index contributed by atoms with van der Waals surface area (Å²) >= 11 is 3.73. The molecule has 8 aromatic rings. The molecular weight excluding hydrogens is 558 g/mol. The molecule has 0 amide bonds. The monoisotopic (exact) mass is 582 g/mol. The zero-order valence-corrected chi connectivity index (χ0v) is 23.6. The van der Waals surface area contributed by atoms with Crippen molar-refractivity contribution >= 4 is 85.6 Å². The number of para-hydroxylation sites is 2. The quantitative estimate of drug-likeness (QED) is 0.0925. The molecule has 2 nitrogen and oxygen atoms in total. The summed E-state index contributed by atoms with van der Waals surface area (Å²) in [6.45, 7) is 0. The Hall–Kier alpha value is -4.00. The summed E-state index contributed by atoms with van der Waals surface area (Å²) in [5, 5.41) is 10.1. The molecule has 6 aromatic carbocycles. The van der Waals surface area contributed by atoms with Crippen LogP contribution in [0.15, 0.2) is 140 Å². The molecule has 0 bridgehead atoms. The van der Waals surface area contributed by atoms with E-state index in [1.165, 1.54) is 48.4 Å². The molecule has 2 aromatic heterocycles. The fourth-order valence-electron chi connectivity index (χ4n) is 5.95. The number of fused-ring (bicyclic) bond motifs is 9. The van der Waals surface area contributed by atoms with E-state index in [0.29, 0.717) is 0 Å². The fourth-order valence-corrected chi connectivity index (χ4v) is 10.9. The summed E-state index contributed by atoms with van der Waals surface area (Å²) in [5.74, 6) is 0. The van der Waals surface area contributed by atoms with E-state index in [-0.39, 0.29) is 0 Å². The van der Waals surface area contributed by atoms with Crippen LogP contribution in [0.5, 0.6) is 0 Å². The second-order valence-corrected chi connectivity index (χ2v) is 16.2. The first-order valence-corrected chi connectivity index (χ1v) is 17.1. The van der Waals surface area contributed by atoms with Crippen LogP contribution in [-0.4, -0.2) is 24.5 Å². The molecule has 0 fully saturated rings. The van der Waals surface area contributed by atoms with Gasteiger partial charge in [-0.2, -0.15) is 0 Å². The molecule has 0 radical (unpaired) electrons. The van der Waals surface area contributed by atoms with Crippen LogP contribution in [0.2, 0.25) is 0 Å². The molecule has 0 aliphatic rings. The van der Waals surface area contributed by atoms with Crippen molar-refractivity contribution in [1.29, 1.82) is 0 Å². The first-order chi connectivity index (χ1) is 19.2. The van der Waals surface area contributed by atoms with E-state index in [4.69, 9.17) is 4.98 Å². The van der Waals surface area contributed by atoms with Gasteiger partial charge in [-0.15, -0.1) is 0 Å². The normalized spacial score (nSPS) is 12.2. The third-order valence-corrected chi connectivity index (χ3v) is 14.8. The molecule has 8 rings (SSSR count). The number of benzene rings is 6. The number of nitrogens with zero attached hydrogens (tertiary/aromatic N) is 2. The SMILES string of the molecule is [Se]=P(c1ccccc1)(c1ccccc1)c1ccc2c3cc4ccccc4cc3c3nc4ccccc4n3c2c1. The molecule has 39 heavy (non-hydrogen) atoms. The Morgan fingerprint density at radius 3 is 1.77 bits per heavy atom. The summed E-state index contributed by atoms with van der Waals surface area (Å²) in [6.07, 6.45) is 0. The predicted octanol–water partition coefficient (Wildman–Crippen LogP) is 7.32. The molecule has 0 atom stereocenters. The van der Waals surface area contributed by atoms with E-state index >= 15 is 0 Å². The molecule has 0 aliphatic heterocycles. The maximum absolute atomic E-state index is 5.17. The summed E-state index contributed by atoms with van der Waals surface area (Å²) in [4.78, 5) is 5.17. The number of aromatic nitrogens is 2. The van der Waals surface area contributed by atoms with Crippen molar-refractivity contribution in [3.05, 3.63) is 140 Å². The zero-order chi connectivity index (χ0) is 26.0. The van der Waals surface area contributed by atoms with Crippen LogP contribution < -0.4 is 15.9 Å². The number of hydrogen-bond donors (Lipinski definition) is 0. The molecule has 0 N–H and O–H groups in total. The van der Waals surface area contributed by atoms with Gasteiger partial charge in [-0.05, 0) is 0 Å². The Morgan fingerprint density at radius 2 is 1.08 bits per heavy atom. The van der Waals surface area contributed by atoms with Crippen molar-refractivity contribution in [2.24, 2.45) is 0 Å². The summed E-state index contributed by atoms with van der Waals surface area (Å²) in [5.41, 5.74) is 2.33. The molecule has 4 heteroatoms. The number of rotatable bonds is 3. The third-order valence-electron chi connectivity index (χ3n) is 7.80. The van der Waals surface area contributed by atoms with Gasteiger partial charge in [0.1, 0.15) is 0 Å². The van der Waals surface area contributed by atoms with Crippen LogP contribution in [0.25, 0.3) is 49.1 Å². The number of pyridine rings is 1. The second-order valence-electron chi connectivity index (χ2n) is 9.99. The molecule has 2 heterocycles. The van der Waals surface area contributed by atoms with Crippen LogP contribution in [-0.2, 0) is 0 Å². The fraction of sp³-hybridized carbons (Fsp3) is 0. The van der Waals surface area contributed by atoms with Crippen LogP contribution in [0.3, 0.4) is 0 Å². The Balaban J connectivity index is 1.55. The van der Waals surface area contributed by atoms with Crippen LogP contribution in [0, 0.1) is 0 Å². The topological polar surface area (TPSA) is 17.3 Å². The Kier molecular flexibility index (Phi) is 5.15. The predicted molar refractivity (Wildman–Crippen MR) is 170 cm³/mol. The molecule has 0 saturated heterocycles. The number of hydrogen-bond acceptors (Lipinski definition) is 1. The van der Waals surface area contributed by atoms with Gasteiger partial charge in [-0.1, -0.05) is 0 Å². The molecule has 0 spiro atoms. The maximum atomic E-state index is 5.17. The van der Waals surface area contributed by atoms with Gasteiger partial charge in [0.25, 0.3) is 0 Å². The van der Waals surface area contributed by atoms with Gasteiger partial charge >= 0.3 is 235 Å². The minimum absolute atomic E-state index is 1.00.